The molecule has 2 saturated carbocycles. The Morgan fingerprint density at radius 1 is 0.609 bits per heavy atom. The van der Waals surface area contributed by atoms with Crippen molar-refractivity contribution in [2.75, 3.05) is 13.2 Å². The van der Waals surface area contributed by atoms with Crippen molar-refractivity contribution < 1.29 is 4.74 Å². The Bertz CT molecular complexity index is 272. The van der Waals surface area contributed by atoms with Crippen LogP contribution in [0.4, 0.5) is 0 Å². The molecule has 0 N–H and O–H groups in total. The van der Waals surface area contributed by atoms with Crippen LogP contribution >= 0.6 is 0 Å². The van der Waals surface area contributed by atoms with Gasteiger partial charge >= 0.3 is 0 Å². The predicted octanol–water partition coefficient (Wildman–Crippen LogP) is 7.00. The largest absolute Gasteiger partial charge is 0.381 e. The van der Waals surface area contributed by atoms with E-state index < -0.39 is 0 Å². The topological polar surface area (TPSA) is 9.23 Å². The van der Waals surface area contributed by atoms with Crippen LogP contribution in [0.25, 0.3) is 0 Å². The molecule has 0 heterocycles. The van der Waals surface area contributed by atoms with E-state index in [2.05, 4.69) is 13.8 Å². The smallest absolute Gasteiger partial charge is 0.0494 e. The lowest BCUT2D eigenvalue weighted by molar-refractivity contribution is 0.0763. The van der Waals surface area contributed by atoms with Gasteiger partial charge in [-0.3, -0.25) is 0 Å². The van der Waals surface area contributed by atoms with Gasteiger partial charge in [-0.05, 0) is 42.9 Å². The van der Waals surface area contributed by atoms with E-state index in [-0.39, 0.29) is 0 Å². The molecule has 0 aromatic rings. The fourth-order valence-electron chi connectivity index (χ4n) is 4.85. The highest BCUT2D eigenvalue weighted by molar-refractivity contribution is 4.76. The van der Waals surface area contributed by atoms with Crippen LogP contribution in [0.3, 0.4) is 0 Å². The first-order chi connectivity index (χ1) is 11.3. The lowest BCUT2D eigenvalue weighted by Gasteiger charge is -2.32. The molecule has 2 fully saturated rings. The summed E-state index contributed by atoms with van der Waals surface area (Å²) in [6.45, 7) is 6.52. The van der Waals surface area contributed by atoms with Crippen LogP contribution in [0.2, 0.25) is 0 Å². The van der Waals surface area contributed by atoms with Gasteiger partial charge in [0.05, 0.1) is 0 Å². The van der Waals surface area contributed by atoms with E-state index in [1.54, 1.807) is 0 Å². The third kappa shape index (κ3) is 7.59. The van der Waals surface area contributed by atoms with Gasteiger partial charge in [-0.15, -0.1) is 0 Å². The average molecular weight is 323 g/mol. The van der Waals surface area contributed by atoms with Crippen LogP contribution in [0, 0.1) is 23.7 Å². The van der Waals surface area contributed by atoms with Gasteiger partial charge in [0.2, 0.25) is 0 Å². The minimum absolute atomic E-state index is 0.867. The number of hydrogen-bond donors (Lipinski definition) is 0. The predicted molar refractivity (Wildman–Crippen MR) is 101 cm³/mol. The average Bonchev–Trinajstić information content (AvgIpc) is 2.60. The number of rotatable bonds is 10. The summed E-state index contributed by atoms with van der Waals surface area (Å²) < 4.78 is 5.75. The van der Waals surface area contributed by atoms with Gasteiger partial charge in [0.1, 0.15) is 0 Å². The number of ether oxygens (including phenoxy) is 1. The summed E-state index contributed by atoms with van der Waals surface area (Å²) >= 11 is 0. The van der Waals surface area contributed by atoms with E-state index in [1.807, 2.05) is 0 Å². The van der Waals surface area contributed by atoms with E-state index in [0.29, 0.717) is 0 Å². The van der Waals surface area contributed by atoms with Crippen molar-refractivity contribution in [3.8, 4) is 0 Å². The molecule has 0 aliphatic heterocycles. The van der Waals surface area contributed by atoms with E-state index in [4.69, 9.17) is 4.74 Å². The summed E-state index contributed by atoms with van der Waals surface area (Å²) in [5, 5.41) is 0. The second-order valence-corrected chi connectivity index (χ2v) is 8.57. The minimum atomic E-state index is 0.867. The second kappa shape index (κ2) is 11.5. The van der Waals surface area contributed by atoms with Crippen molar-refractivity contribution in [3.63, 3.8) is 0 Å². The van der Waals surface area contributed by atoms with Gasteiger partial charge in [0.15, 0.2) is 0 Å². The maximum Gasteiger partial charge on any atom is 0.0494 e. The molecular weight excluding hydrogens is 280 g/mol. The molecule has 1 heteroatoms. The molecule has 23 heavy (non-hydrogen) atoms. The molecule has 2 rings (SSSR count). The monoisotopic (exact) mass is 322 g/mol. The zero-order valence-electron chi connectivity index (χ0n) is 16.0. The standard InChI is InChI=1S/C22H42O/c1-3-5-6-19-7-9-20(10-8-19)11-12-21-13-15-22(16-14-21)18-23-17-4-2/h19-22H,3-18H2,1-2H3/t19-,20-,21?,22?. The van der Waals surface area contributed by atoms with Crippen molar-refractivity contribution in [1.29, 1.82) is 0 Å². The summed E-state index contributed by atoms with van der Waals surface area (Å²) in [7, 11) is 0. The molecule has 136 valence electrons. The Balaban J connectivity index is 1.51. The fraction of sp³-hybridized carbons (Fsp3) is 1.00. The highest BCUT2D eigenvalue weighted by atomic mass is 16.5. The first-order valence-corrected chi connectivity index (χ1v) is 10.9. The molecule has 0 spiro atoms. The zero-order valence-corrected chi connectivity index (χ0v) is 16.0. The SMILES string of the molecule is CCCC[C@H]1CC[C@H](CCC2CCC(COCCC)CC2)CC1. The Morgan fingerprint density at radius 2 is 1.09 bits per heavy atom. The van der Waals surface area contributed by atoms with Crippen molar-refractivity contribution in [2.24, 2.45) is 23.7 Å². The Labute approximate surface area is 146 Å². The zero-order chi connectivity index (χ0) is 16.3. The summed E-state index contributed by atoms with van der Waals surface area (Å²) in [6.07, 6.45) is 20.5. The normalized spacial score (nSPS) is 32.1. The van der Waals surface area contributed by atoms with Crippen molar-refractivity contribution in [3.05, 3.63) is 0 Å². The van der Waals surface area contributed by atoms with Crippen molar-refractivity contribution >= 4 is 0 Å². The molecule has 0 radical (unpaired) electrons. The molecule has 0 unspecified atom stereocenters. The summed E-state index contributed by atoms with van der Waals surface area (Å²) in [4.78, 5) is 0. The van der Waals surface area contributed by atoms with Crippen LogP contribution in [0.15, 0.2) is 0 Å². The third-order valence-electron chi connectivity index (χ3n) is 6.58. The quantitative estimate of drug-likeness (QED) is 0.393. The Kier molecular flexibility index (Phi) is 9.65. The molecule has 2 aliphatic carbocycles. The van der Waals surface area contributed by atoms with Gasteiger partial charge in [0, 0.05) is 13.2 Å². The molecule has 0 atom stereocenters. The Morgan fingerprint density at radius 3 is 1.57 bits per heavy atom. The summed E-state index contributed by atoms with van der Waals surface area (Å²) in [6, 6.07) is 0. The highest BCUT2D eigenvalue weighted by Gasteiger charge is 2.24. The summed E-state index contributed by atoms with van der Waals surface area (Å²) in [5.41, 5.74) is 0. The molecule has 0 amide bonds. The lowest BCUT2D eigenvalue weighted by Crippen LogP contribution is -2.20. The molecular formula is C22H42O. The molecule has 0 aromatic carbocycles. The van der Waals surface area contributed by atoms with Gasteiger partial charge in [-0.25, -0.2) is 0 Å². The van der Waals surface area contributed by atoms with Crippen molar-refractivity contribution in [1.82, 2.24) is 0 Å². The molecule has 0 aromatic heterocycles. The number of hydrogen-bond acceptors (Lipinski definition) is 1. The second-order valence-electron chi connectivity index (χ2n) is 8.57. The molecule has 1 nitrogen and oxygen atoms in total. The van der Waals surface area contributed by atoms with Crippen LogP contribution in [-0.2, 0) is 4.74 Å². The van der Waals surface area contributed by atoms with Crippen LogP contribution in [0.5, 0.6) is 0 Å². The van der Waals surface area contributed by atoms with Crippen LogP contribution in [-0.4, -0.2) is 13.2 Å². The molecule has 2 aliphatic rings. The van der Waals surface area contributed by atoms with Crippen LogP contribution < -0.4 is 0 Å². The first-order valence-electron chi connectivity index (χ1n) is 10.9. The van der Waals surface area contributed by atoms with Crippen molar-refractivity contribution in [2.45, 2.75) is 104 Å². The third-order valence-corrected chi connectivity index (χ3v) is 6.58. The van der Waals surface area contributed by atoms with Gasteiger partial charge in [-0.2, -0.15) is 0 Å². The van der Waals surface area contributed by atoms with E-state index >= 15 is 0 Å². The van der Waals surface area contributed by atoms with E-state index in [1.165, 1.54) is 83.5 Å². The van der Waals surface area contributed by atoms with Gasteiger partial charge in [-0.1, -0.05) is 84.5 Å². The van der Waals surface area contributed by atoms with E-state index in [0.717, 1.165) is 43.3 Å². The van der Waals surface area contributed by atoms with Gasteiger partial charge in [0.25, 0.3) is 0 Å². The fourth-order valence-corrected chi connectivity index (χ4v) is 4.85. The summed E-state index contributed by atoms with van der Waals surface area (Å²) in [5.74, 6) is 4.05. The van der Waals surface area contributed by atoms with Gasteiger partial charge < -0.3 is 4.74 Å². The Hall–Kier alpha value is -0.0400. The minimum Gasteiger partial charge on any atom is -0.381 e. The first kappa shape index (κ1) is 19.3. The molecule has 0 bridgehead atoms. The van der Waals surface area contributed by atoms with E-state index in [9.17, 15) is 0 Å². The lowest BCUT2D eigenvalue weighted by atomic mass is 9.75. The highest BCUT2D eigenvalue weighted by Crippen LogP contribution is 2.37. The number of unbranched alkanes of at least 4 members (excludes halogenated alkanes) is 1. The van der Waals surface area contributed by atoms with Crippen LogP contribution in [0.1, 0.15) is 104 Å². The maximum absolute atomic E-state index is 5.75. The maximum atomic E-state index is 5.75. The molecule has 0 saturated heterocycles.